The van der Waals surface area contributed by atoms with Crippen molar-refractivity contribution >= 4 is 38.1 Å². The van der Waals surface area contributed by atoms with E-state index < -0.39 is 15.8 Å². The van der Waals surface area contributed by atoms with Crippen LogP contribution in [0.5, 0.6) is 0 Å². The zero-order valence-electron chi connectivity index (χ0n) is 18.2. The number of rotatable bonds is 8. The Balaban J connectivity index is 1.66. The number of ether oxygens (including phenoxy) is 1. The van der Waals surface area contributed by atoms with Gasteiger partial charge in [-0.1, -0.05) is 24.6 Å². The van der Waals surface area contributed by atoms with E-state index in [9.17, 15) is 18.0 Å². The molecule has 1 aromatic carbocycles. The quantitative estimate of drug-likeness (QED) is 0.580. The topological polar surface area (TPSA) is 89.5 Å². The zero-order chi connectivity index (χ0) is 22.6. The number of thiophene rings is 1. The third-order valence-electron chi connectivity index (χ3n) is 5.44. The minimum Gasteiger partial charge on any atom is -0.462 e. The van der Waals surface area contributed by atoms with E-state index in [1.165, 1.54) is 11.3 Å². The molecular weight excluding hydrogens is 434 g/mol. The highest BCUT2D eigenvalue weighted by Gasteiger charge is 2.29. The molecule has 0 saturated heterocycles. The summed E-state index contributed by atoms with van der Waals surface area (Å²) in [7, 11) is -3.43. The summed E-state index contributed by atoms with van der Waals surface area (Å²) in [6, 6.07) is 6.70. The molecule has 3 rings (SSSR count). The number of aryl methyl sites for hydroxylation is 1. The number of sulfone groups is 1. The SMILES string of the molecule is CCOC(=O)c1c(NC(=O)CCCS(=O)(=O)c2ccc(C)cc2)sc2c1CCC(C)C2. The highest BCUT2D eigenvalue weighted by Crippen LogP contribution is 2.40. The molecule has 1 atom stereocenters. The van der Waals surface area contributed by atoms with Crippen LogP contribution in [0.15, 0.2) is 29.2 Å². The van der Waals surface area contributed by atoms with Crippen LogP contribution in [-0.2, 0) is 32.2 Å². The Kier molecular flexibility index (Phi) is 7.54. The van der Waals surface area contributed by atoms with Gasteiger partial charge in [-0.05, 0) is 63.1 Å². The summed E-state index contributed by atoms with van der Waals surface area (Å²) in [4.78, 5) is 26.5. The van der Waals surface area contributed by atoms with E-state index in [1.807, 2.05) is 6.92 Å². The van der Waals surface area contributed by atoms with Crippen LogP contribution >= 0.6 is 11.3 Å². The van der Waals surface area contributed by atoms with Gasteiger partial charge in [-0.15, -0.1) is 11.3 Å². The molecule has 1 N–H and O–H groups in total. The fraction of sp³-hybridized carbons (Fsp3) is 0.478. The Bertz CT molecular complexity index is 1050. The molecule has 1 aliphatic rings. The molecule has 0 aliphatic heterocycles. The van der Waals surface area contributed by atoms with Crippen LogP contribution in [0, 0.1) is 12.8 Å². The standard InChI is InChI=1S/C23H29NO5S2/c1-4-29-23(26)21-18-12-9-16(3)14-19(18)30-22(21)24-20(25)6-5-13-31(27,28)17-10-7-15(2)8-11-17/h7-8,10-11,16H,4-6,9,12-14H2,1-3H3,(H,24,25). The van der Waals surface area contributed by atoms with Crippen molar-refractivity contribution in [3.63, 3.8) is 0 Å². The monoisotopic (exact) mass is 463 g/mol. The van der Waals surface area contributed by atoms with Gasteiger partial charge in [-0.2, -0.15) is 0 Å². The molecule has 2 aromatic rings. The maximum Gasteiger partial charge on any atom is 0.341 e. The average molecular weight is 464 g/mol. The summed E-state index contributed by atoms with van der Waals surface area (Å²) in [6.07, 6.45) is 2.95. The first-order valence-corrected chi connectivity index (χ1v) is 13.1. The lowest BCUT2D eigenvalue weighted by atomic mass is 9.88. The van der Waals surface area contributed by atoms with Crippen LogP contribution in [0.3, 0.4) is 0 Å². The molecule has 0 fully saturated rings. The Hall–Kier alpha value is -2.19. The number of anilines is 1. The minimum absolute atomic E-state index is 0.0618. The molecule has 0 spiro atoms. The van der Waals surface area contributed by atoms with Gasteiger partial charge in [0.1, 0.15) is 5.00 Å². The number of carbonyl (C=O) groups is 2. The number of esters is 1. The molecule has 0 saturated carbocycles. The summed E-state index contributed by atoms with van der Waals surface area (Å²) in [5.41, 5.74) is 2.44. The van der Waals surface area contributed by atoms with Crippen molar-refractivity contribution in [1.29, 1.82) is 0 Å². The number of carbonyl (C=O) groups excluding carboxylic acids is 2. The fourth-order valence-electron chi connectivity index (χ4n) is 3.73. The van der Waals surface area contributed by atoms with E-state index in [2.05, 4.69) is 12.2 Å². The number of benzene rings is 1. The molecule has 0 bridgehead atoms. The Labute approximate surface area is 187 Å². The van der Waals surface area contributed by atoms with Crippen molar-refractivity contribution in [1.82, 2.24) is 0 Å². The Morgan fingerprint density at radius 2 is 1.94 bits per heavy atom. The van der Waals surface area contributed by atoms with Crippen molar-refractivity contribution in [2.75, 3.05) is 17.7 Å². The Morgan fingerprint density at radius 3 is 2.61 bits per heavy atom. The summed E-state index contributed by atoms with van der Waals surface area (Å²) < 4.78 is 30.2. The fourth-order valence-corrected chi connectivity index (χ4v) is 6.46. The van der Waals surface area contributed by atoms with E-state index in [1.54, 1.807) is 31.2 Å². The van der Waals surface area contributed by atoms with Gasteiger partial charge in [0.25, 0.3) is 0 Å². The summed E-state index contributed by atoms with van der Waals surface area (Å²) in [6.45, 7) is 6.10. The third kappa shape index (κ3) is 5.74. The molecule has 1 heterocycles. The molecule has 1 aromatic heterocycles. The number of nitrogens with one attached hydrogen (secondary N) is 1. The van der Waals surface area contributed by atoms with Crippen molar-refractivity contribution in [2.24, 2.45) is 5.92 Å². The molecule has 0 radical (unpaired) electrons. The van der Waals surface area contributed by atoms with Crippen molar-refractivity contribution in [3.8, 4) is 0 Å². The van der Waals surface area contributed by atoms with Gasteiger partial charge in [0, 0.05) is 11.3 Å². The van der Waals surface area contributed by atoms with Crippen LogP contribution < -0.4 is 5.32 Å². The van der Waals surface area contributed by atoms with Gasteiger partial charge < -0.3 is 10.1 Å². The smallest absolute Gasteiger partial charge is 0.341 e. The second kappa shape index (κ2) is 9.96. The lowest BCUT2D eigenvalue weighted by Crippen LogP contribution is -2.17. The van der Waals surface area contributed by atoms with E-state index in [0.29, 0.717) is 16.5 Å². The lowest BCUT2D eigenvalue weighted by molar-refractivity contribution is -0.116. The van der Waals surface area contributed by atoms with E-state index in [4.69, 9.17) is 4.74 Å². The van der Waals surface area contributed by atoms with E-state index >= 15 is 0 Å². The number of hydrogen-bond donors (Lipinski definition) is 1. The minimum atomic E-state index is -3.43. The van der Waals surface area contributed by atoms with Gasteiger partial charge in [0.15, 0.2) is 9.84 Å². The highest BCUT2D eigenvalue weighted by molar-refractivity contribution is 7.91. The van der Waals surface area contributed by atoms with E-state index in [-0.39, 0.29) is 36.0 Å². The predicted octanol–water partition coefficient (Wildman–Crippen LogP) is 4.55. The van der Waals surface area contributed by atoms with Gasteiger partial charge in [-0.25, -0.2) is 13.2 Å². The van der Waals surface area contributed by atoms with Crippen molar-refractivity contribution < 1.29 is 22.7 Å². The molecule has 8 heteroatoms. The van der Waals surface area contributed by atoms with Gasteiger partial charge in [-0.3, -0.25) is 4.79 Å². The first-order valence-electron chi connectivity index (χ1n) is 10.6. The van der Waals surface area contributed by atoms with Gasteiger partial charge in [0.05, 0.1) is 22.8 Å². The van der Waals surface area contributed by atoms with Gasteiger partial charge >= 0.3 is 5.97 Å². The number of amides is 1. The zero-order valence-corrected chi connectivity index (χ0v) is 19.8. The van der Waals surface area contributed by atoms with Crippen molar-refractivity contribution in [3.05, 3.63) is 45.8 Å². The average Bonchev–Trinajstić information content (AvgIpc) is 3.05. The molecule has 1 amide bonds. The van der Waals surface area contributed by atoms with Crippen molar-refractivity contribution in [2.45, 2.75) is 57.8 Å². The second-order valence-electron chi connectivity index (χ2n) is 8.06. The van der Waals surface area contributed by atoms with Crippen LogP contribution in [0.2, 0.25) is 0 Å². The number of fused-ring (bicyclic) bond motifs is 1. The Morgan fingerprint density at radius 1 is 1.23 bits per heavy atom. The van der Waals surface area contributed by atoms with E-state index in [0.717, 1.165) is 35.3 Å². The molecule has 1 aliphatic carbocycles. The van der Waals surface area contributed by atoms with Crippen LogP contribution in [0.25, 0.3) is 0 Å². The summed E-state index contributed by atoms with van der Waals surface area (Å²) in [5.74, 6) is -0.271. The summed E-state index contributed by atoms with van der Waals surface area (Å²) >= 11 is 1.43. The first-order chi connectivity index (χ1) is 14.7. The predicted molar refractivity (Wildman–Crippen MR) is 123 cm³/mol. The van der Waals surface area contributed by atoms with Gasteiger partial charge in [0.2, 0.25) is 5.91 Å². The maximum absolute atomic E-state index is 12.5. The summed E-state index contributed by atoms with van der Waals surface area (Å²) in [5, 5.41) is 3.36. The van der Waals surface area contributed by atoms with Crippen LogP contribution in [-0.4, -0.2) is 32.7 Å². The first kappa shape index (κ1) is 23.5. The second-order valence-corrected chi connectivity index (χ2v) is 11.3. The van der Waals surface area contributed by atoms with Crippen LogP contribution in [0.4, 0.5) is 5.00 Å². The van der Waals surface area contributed by atoms with Crippen LogP contribution in [0.1, 0.15) is 59.5 Å². The molecule has 168 valence electrons. The molecule has 6 nitrogen and oxygen atoms in total. The molecule has 1 unspecified atom stereocenters. The third-order valence-corrected chi connectivity index (χ3v) is 8.43. The highest BCUT2D eigenvalue weighted by atomic mass is 32.2. The molecular formula is C23H29NO5S2. The number of hydrogen-bond acceptors (Lipinski definition) is 6. The maximum atomic E-state index is 12.5. The molecule has 31 heavy (non-hydrogen) atoms. The largest absolute Gasteiger partial charge is 0.462 e. The lowest BCUT2D eigenvalue weighted by Gasteiger charge is -2.18. The normalized spacial score (nSPS) is 15.9.